The molecule has 0 spiro atoms. The van der Waals surface area contributed by atoms with E-state index in [1.54, 1.807) is 24.5 Å². The van der Waals surface area contributed by atoms with E-state index in [0.717, 1.165) is 36.8 Å². The van der Waals surface area contributed by atoms with Gasteiger partial charge in [0.25, 0.3) is 0 Å². The van der Waals surface area contributed by atoms with Crippen LogP contribution in [0.15, 0.2) is 60.9 Å². The summed E-state index contributed by atoms with van der Waals surface area (Å²) >= 11 is 0. The molecule has 1 aliphatic carbocycles. The van der Waals surface area contributed by atoms with Crippen molar-refractivity contribution < 1.29 is 23.5 Å². The van der Waals surface area contributed by atoms with E-state index >= 15 is 0 Å². The van der Waals surface area contributed by atoms with Crippen molar-refractivity contribution in [2.75, 3.05) is 10.6 Å². The third-order valence-electron chi connectivity index (χ3n) is 5.43. The Morgan fingerprint density at radius 3 is 1.91 bits per heavy atom. The first-order valence-corrected chi connectivity index (χ1v) is 11.0. The van der Waals surface area contributed by atoms with Gasteiger partial charge >= 0.3 is 18.0 Å². The highest BCUT2D eigenvalue weighted by Crippen LogP contribution is 2.25. The van der Waals surface area contributed by atoms with Gasteiger partial charge < -0.3 is 20.1 Å². The molecule has 1 saturated carbocycles. The van der Waals surface area contributed by atoms with Crippen molar-refractivity contribution in [2.24, 2.45) is 0 Å². The van der Waals surface area contributed by atoms with Crippen LogP contribution < -0.4 is 15.4 Å². The first kappa shape index (κ1) is 23.2. The Hall–Kier alpha value is -4.01. The number of nitrogens with one attached hydrogen (secondary N) is 2. The fourth-order valence-electron chi connectivity index (χ4n) is 3.75. The van der Waals surface area contributed by atoms with Crippen LogP contribution in [0.2, 0.25) is 0 Å². The number of halogens is 1. The molecule has 2 N–H and O–H groups in total. The van der Waals surface area contributed by atoms with E-state index in [-0.39, 0.29) is 24.0 Å². The highest BCUT2D eigenvalue weighted by Gasteiger charge is 2.24. The second kappa shape index (κ2) is 10.7. The summed E-state index contributed by atoms with van der Waals surface area (Å²) in [6.07, 6.45) is 6.46. The van der Waals surface area contributed by atoms with Crippen LogP contribution in [0.5, 0.6) is 6.01 Å². The number of anilines is 2. The molecule has 0 radical (unpaired) electrons. The molecule has 3 aromatic rings. The van der Waals surface area contributed by atoms with Gasteiger partial charge in [0, 0.05) is 36.3 Å². The van der Waals surface area contributed by atoms with Crippen molar-refractivity contribution in [1.82, 2.24) is 9.97 Å². The molecule has 176 valence electrons. The summed E-state index contributed by atoms with van der Waals surface area (Å²) in [4.78, 5) is 31.8. The second-order valence-electron chi connectivity index (χ2n) is 8.04. The minimum absolute atomic E-state index is 0.00377. The van der Waals surface area contributed by atoms with Crippen LogP contribution in [-0.4, -0.2) is 34.2 Å². The Labute approximate surface area is 196 Å². The molecule has 2 amide bonds. The number of benzene rings is 2. The molecule has 34 heavy (non-hydrogen) atoms. The van der Waals surface area contributed by atoms with Crippen LogP contribution in [0.4, 0.5) is 20.6 Å². The Bertz CT molecular complexity index is 1110. The summed E-state index contributed by atoms with van der Waals surface area (Å²) in [6.45, 7) is 1.43. The molecule has 4 rings (SSSR count). The predicted molar refractivity (Wildman–Crippen MR) is 125 cm³/mol. The summed E-state index contributed by atoms with van der Waals surface area (Å²) in [5.41, 5.74) is 2.80. The number of hydrogen-bond donors (Lipinski definition) is 2. The van der Waals surface area contributed by atoms with Gasteiger partial charge in [0.1, 0.15) is 18.0 Å². The molecule has 0 unspecified atom stereocenters. The van der Waals surface area contributed by atoms with E-state index in [1.807, 2.05) is 12.1 Å². The van der Waals surface area contributed by atoms with Gasteiger partial charge in [-0.3, -0.25) is 4.79 Å². The van der Waals surface area contributed by atoms with Crippen LogP contribution >= 0.6 is 0 Å². The van der Waals surface area contributed by atoms with Crippen LogP contribution in [0.25, 0.3) is 11.1 Å². The molecule has 0 bridgehead atoms. The summed E-state index contributed by atoms with van der Waals surface area (Å²) in [5, 5.41) is 5.37. The van der Waals surface area contributed by atoms with Crippen LogP contribution in [0.3, 0.4) is 0 Å². The van der Waals surface area contributed by atoms with Crippen molar-refractivity contribution in [3.8, 4) is 17.1 Å². The zero-order chi connectivity index (χ0) is 23.9. The number of amides is 2. The maximum Gasteiger partial charge on any atom is 0.323 e. The molecule has 8 nitrogen and oxygen atoms in total. The number of nitrogens with zero attached hydrogens (tertiary/aromatic N) is 2. The van der Waals surface area contributed by atoms with Crippen molar-refractivity contribution >= 4 is 23.4 Å². The molecule has 1 heterocycles. The molecule has 2 aromatic carbocycles. The van der Waals surface area contributed by atoms with Gasteiger partial charge in [0.2, 0.25) is 0 Å². The Balaban J connectivity index is 1.28. The van der Waals surface area contributed by atoms with Gasteiger partial charge in [0.05, 0.1) is 0 Å². The molecule has 1 fully saturated rings. The third-order valence-corrected chi connectivity index (χ3v) is 5.43. The average molecular weight is 464 g/mol. The number of ether oxygens (including phenoxy) is 2. The van der Waals surface area contributed by atoms with Gasteiger partial charge in [-0.2, -0.15) is 0 Å². The highest BCUT2D eigenvalue weighted by atomic mass is 19.1. The van der Waals surface area contributed by atoms with Crippen molar-refractivity contribution in [2.45, 2.75) is 44.8 Å². The largest absolute Gasteiger partial charge is 0.463 e. The van der Waals surface area contributed by atoms with Crippen molar-refractivity contribution in [3.63, 3.8) is 0 Å². The van der Waals surface area contributed by atoms with Crippen LogP contribution in [0.1, 0.15) is 32.6 Å². The van der Waals surface area contributed by atoms with Crippen LogP contribution in [-0.2, 0) is 9.53 Å². The smallest absolute Gasteiger partial charge is 0.323 e. The monoisotopic (exact) mass is 464 g/mol. The summed E-state index contributed by atoms with van der Waals surface area (Å²) in [6, 6.07) is 12.7. The lowest BCUT2D eigenvalue weighted by Gasteiger charge is -2.27. The number of rotatable bonds is 6. The number of esters is 1. The first-order valence-electron chi connectivity index (χ1n) is 11.0. The highest BCUT2D eigenvalue weighted by molar-refractivity contribution is 5.99. The van der Waals surface area contributed by atoms with E-state index in [1.165, 1.54) is 31.2 Å². The molecule has 1 aromatic heterocycles. The van der Waals surface area contributed by atoms with Crippen LogP contribution in [0, 0.1) is 5.82 Å². The minimum atomic E-state index is -0.425. The van der Waals surface area contributed by atoms with Gasteiger partial charge in [0.15, 0.2) is 0 Å². The average Bonchev–Trinajstić information content (AvgIpc) is 2.83. The Kier molecular flexibility index (Phi) is 7.31. The fourth-order valence-corrected chi connectivity index (χ4v) is 3.75. The Morgan fingerprint density at radius 1 is 0.824 bits per heavy atom. The molecule has 1 aliphatic rings. The van der Waals surface area contributed by atoms with Gasteiger partial charge in [-0.05, 0) is 67.6 Å². The van der Waals surface area contributed by atoms with Gasteiger partial charge in [-0.25, -0.2) is 19.2 Å². The minimum Gasteiger partial charge on any atom is -0.463 e. The lowest BCUT2D eigenvalue weighted by molar-refractivity contribution is -0.148. The maximum atomic E-state index is 13.0. The number of carbonyl (C=O) groups excluding carboxylic acids is 2. The number of aromatic nitrogens is 2. The number of urea groups is 1. The SMILES string of the molecule is CC(=O)OC1CCC(Oc2ncc(-c3ccc(NC(=O)Nc4ccc(F)cc4)cc3)cn2)CC1. The molecule has 0 aliphatic heterocycles. The normalized spacial score (nSPS) is 17.5. The number of hydrogen-bond acceptors (Lipinski definition) is 6. The van der Waals surface area contributed by atoms with Gasteiger partial charge in [-0.1, -0.05) is 12.1 Å². The number of carbonyl (C=O) groups is 2. The topological polar surface area (TPSA) is 102 Å². The third kappa shape index (κ3) is 6.50. The fraction of sp³-hybridized carbons (Fsp3) is 0.280. The summed E-state index contributed by atoms with van der Waals surface area (Å²) in [5.74, 6) is -0.617. The van der Waals surface area contributed by atoms with E-state index < -0.39 is 6.03 Å². The zero-order valence-electron chi connectivity index (χ0n) is 18.7. The van der Waals surface area contributed by atoms with E-state index in [2.05, 4.69) is 20.6 Å². The molecule has 0 atom stereocenters. The second-order valence-corrected chi connectivity index (χ2v) is 8.04. The molecular formula is C25H25FN4O4. The van der Waals surface area contributed by atoms with Gasteiger partial charge in [-0.15, -0.1) is 0 Å². The predicted octanol–water partition coefficient (Wildman–Crippen LogP) is 5.18. The van der Waals surface area contributed by atoms with E-state index in [9.17, 15) is 14.0 Å². The molecular weight excluding hydrogens is 439 g/mol. The lowest BCUT2D eigenvalue weighted by Crippen LogP contribution is -2.29. The quantitative estimate of drug-likeness (QED) is 0.488. The standard InChI is InChI=1S/C25H25FN4O4/c1-16(31)33-22-10-12-23(13-11-22)34-25-27-14-18(15-28-25)17-2-6-20(7-3-17)29-24(32)30-21-8-4-19(26)5-9-21/h2-9,14-15,22-23H,10-13H2,1H3,(H2,29,30,32). The molecule has 9 heteroatoms. The van der Waals surface area contributed by atoms with E-state index in [0.29, 0.717) is 17.4 Å². The van der Waals surface area contributed by atoms with Crippen molar-refractivity contribution in [3.05, 3.63) is 66.7 Å². The Morgan fingerprint density at radius 2 is 1.35 bits per heavy atom. The summed E-state index contributed by atoms with van der Waals surface area (Å²) < 4.78 is 24.1. The summed E-state index contributed by atoms with van der Waals surface area (Å²) in [7, 11) is 0. The first-order chi connectivity index (χ1) is 16.4. The maximum absolute atomic E-state index is 13.0. The van der Waals surface area contributed by atoms with E-state index in [4.69, 9.17) is 9.47 Å². The zero-order valence-corrected chi connectivity index (χ0v) is 18.7. The van der Waals surface area contributed by atoms with Crippen molar-refractivity contribution in [1.29, 1.82) is 0 Å². The molecule has 0 saturated heterocycles. The lowest BCUT2D eigenvalue weighted by atomic mass is 9.95.